The summed E-state index contributed by atoms with van der Waals surface area (Å²) in [4.78, 5) is 34.0. The Balaban J connectivity index is 2.39. The van der Waals surface area contributed by atoms with Gasteiger partial charge in [-0.25, -0.2) is 4.79 Å². The van der Waals surface area contributed by atoms with Crippen LogP contribution in [0.3, 0.4) is 0 Å². The average Bonchev–Trinajstić information content (AvgIpc) is 2.41. The van der Waals surface area contributed by atoms with Crippen LogP contribution in [-0.2, 0) is 14.3 Å². The van der Waals surface area contributed by atoms with Crippen molar-refractivity contribution in [3.63, 3.8) is 0 Å². The molecular weight excluding hydrogens is 292 g/mol. The first-order valence-electron chi connectivity index (χ1n) is 6.25. The van der Waals surface area contributed by atoms with Gasteiger partial charge in [-0.15, -0.1) is 11.8 Å². The van der Waals surface area contributed by atoms with Crippen LogP contribution in [0.1, 0.15) is 11.1 Å². The zero-order valence-corrected chi connectivity index (χ0v) is 13.0. The Morgan fingerprint density at radius 2 is 1.90 bits per heavy atom. The Bertz CT molecular complexity index is 546. The van der Waals surface area contributed by atoms with Crippen molar-refractivity contribution in [2.24, 2.45) is 0 Å². The third kappa shape index (κ3) is 6.31. The van der Waals surface area contributed by atoms with Gasteiger partial charge in [0.25, 0.3) is 0 Å². The van der Waals surface area contributed by atoms with Crippen LogP contribution in [0.15, 0.2) is 18.2 Å². The van der Waals surface area contributed by atoms with E-state index in [9.17, 15) is 14.4 Å². The summed E-state index contributed by atoms with van der Waals surface area (Å²) in [6.07, 6.45) is 0. The van der Waals surface area contributed by atoms with E-state index in [1.807, 2.05) is 26.0 Å². The number of ether oxygens (including phenoxy) is 1. The van der Waals surface area contributed by atoms with Gasteiger partial charge in [-0.3, -0.25) is 14.9 Å². The van der Waals surface area contributed by atoms with Crippen molar-refractivity contribution in [2.75, 3.05) is 23.9 Å². The van der Waals surface area contributed by atoms with Crippen LogP contribution in [0, 0.1) is 13.8 Å². The Labute approximate surface area is 127 Å². The largest absolute Gasteiger partial charge is 0.468 e. The first kappa shape index (κ1) is 17.0. The molecule has 0 saturated heterocycles. The fourth-order valence-corrected chi connectivity index (χ4v) is 2.20. The number of methoxy groups -OCH3 is 1. The van der Waals surface area contributed by atoms with Gasteiger partial charge in [-0.1, -0.05) is 17.7 Å². The van der Waals surface area contributed by atoms with Crippen molar-refractivity contribution in [3.8, 4) is 0 Å². The molecule has 0 aliphatic heterocycles. The van der Waals surface area contributed by atoms with E-state index in [2.05, 4.69) is 15.4 Å². The molecule has 2 N–H and O–H groups in total. The van der Waals surface area contributed by atoms with Crippen LogP contribution in [0.4, 0.5) is 10.5 Å². The number of carbonyl (C=O) groups is 3. The molecule has 1 rings (SSSR count). The molecule has 0 spiro atoms. The van der Waals surface area contributed by atoms with Crippen LogP contribution in [0.2, 0.25) is 0 Å². The Hall–Kier alpha value is -2.02. The molecule has 1 aromatic carbocycles. The van der Waals surface area contributed by atoms with Gasteiger partial charge in [0.1, 0.15) is 0 Å². The summed E-state index contributed by atoms with van der Waals surface area (Å²) in [5, 5.41) is 4.81. The molecule has 0 aliphatic carbocycles. The van der Waals surface area contributed by atoms with Gasteiger partial charge in [0, 0.05) is 5.69 Å². The summed E-state index contributed by atoms with van der Waals surface area (Å²) < 4.78 is 4.44. The second-order valence-corrected chi connectivity index (χ2v) is 5.38. The summed E-state index contributed by atoms with van der Waals surface area (Å²) in [6.45, 7) is 3.83. The van der Waals surface area contributed by atoms with Gasteiger partial charge in [0.05, 0.1) is 18.6 Å². The molecule has 114 valence electrons. The van der Waals surface area contributed by atoms with Crippen LogP contribution in [0.25, 0.3) is 0 Å². The first-order valence-corrected chi connectivity index (χ1v) is 7.40. The van der Waals surface area contributed by atoms with Crippen molar-refractivity contribution in [2.45, 2.75) is 13.8 Å². The minimum absolute atomic E-state index is 0.00933. The molecule has 0 bridgehead atoms. The first-order chi connectivity index (χ1) is 9.92. The van der Waals surface area contributed by atoms with E-state index in [1.165, 1.54) is 7.11 Å². The quantitative estimate of drug-likeness (QED) is 0.811. The topological polar surface area (TPSA) is 84.5 Å². The van der Waals surface area contributed by atoms with Crippen LogP contribution in [-0.4, -0.2) is 36.5 Å². The maximum Gasteiger partial charge on any atom is 0.325 e. The third-order valence-electron chi connectivity index (χ3n) is 2.56. The van der Waals surface area contributed by atoms with E-state index >= 15 is 0 Å². The summed E-state index contributed by atoms with van der Waals surface area (Å²) in [7, 11) is 1.28. The average molecular weight is 310 g/mol. The number of amides is 3. The summed E-state index contributed by atoms with van der Waals surface area (Å²) in [5.41, 5.74) is 2.65. The van der Waals surface area contributed by atoms with E-state index in [4.69, 9.17) is 0 Å². The van der Waals surface area contributed by atoms with Crippen LogP contribution >= 0.6 is 11.8 Å². The van der Waals surface area contributed by atoms with Gasteiger partial charge in [-0.2, -0.15) is 0 Å². The molecule has 21 heavy (non-hydrogen) atoms. The number of hydrogen-bond acceptors (Lipinski definition) is 5. The number of carbonyl (C=O) groups excluding carboxylic acids is 3. The SMILES string of the molecule is COC(=O)CSCC(=O)NC(=O)Nc1ccc(C)cc1C. The summed E-state index contributed by atoms with van der Waals surface area (Å²) in [6, 6.07) is 4.99. The number of anilines is 1. The number of thioether (sulfide) groups is 1. The number of imide groups is 1. The Kier molecular flexibility index (Phi) is 6.74. The van der Waals surface area contributed by atoms with Gasteiger partial charge < -0.3 is 10.1 Å². The normalized spacial score (nSPS) is 9.86. The zero-order chi connectivity index (χ0) is 15.8. The number of urea groups is 1. The summed E-state index contributed by atoms with van der Waals surface area (Å²) >= 11 is 1.08. The smallest absolute Gasteiger partial charge is 0.325 e. The number of nitrogens with one attached hydrogen (secondary N) is 2. The van der Waals surface area contributed by atoms with Crippen molar-refractivity contribution < 1.29 is 19.1 Å². The molecular formula is C14H18N2O4S. The van der Waals surface area contributed by atoms with E-state index in [0.717, 1.165) is 22.9 Å². The minimum atomic E-state index is -0.592. The minimum Gasteiger partial charge on any atom is -0.468 e. The number of rotatable bonds is 5. The highest BCUT2D eigenvalue weighted by Gasteiger charge is 2.10. The van der Waals surface area contributed by atoms with E-state index < -0.39 is 17.9 Å². The van der Waals surface area contributed by atoms with Crippen LogP contribution < -0.4 is 10.6 Å². The fourth-order valence-electron chi connectivity index (χ4n) is 1.56. The Morgan fingerprint density at radius 1 is 1.19 bits per heavy atom. The molecule has 0 heterocycles. The Morgan fingerprint density at radius 3 is 2.52 bits per heavy atom. The highest BCUT2D eigenvalue weighted by Crippen LogP contribution is 2.15. The second-order valence-electron chi connectivity index (χ2n) is 4.39. The lowest BCUT2D eigenvalue weighted by Gasteiger charge is -2.09. The summed E-state index contributed by atoms with van der Waals surface area (Å²) in [5.74, 6) is -0.795. The van der Waals surface area contributed by atoms with E-state index in [1.54, 1.807) is 6.07 Å². The molecule has 0 unspecified atom stereocenters. The fraction of sp³-hybridized carbons (Fsp3) is 0.357. The maximum absolute atomic E-state index is 11.7. The zero-order valence-electron chi connectivity index (χ0n) is 12.2. The third-order valence-corrected chi connectivity index (χ3v) is 3.47. The number of esters is 1. The molecule has 0 atom stereocenters. The van der Waals surface area contributed by atoms with Crippen LogP contribution in [0.5, 0.6) is 0 Å². The number of benzene rings is 1. The lowest BCUT2D eigenvalue weighted by atomic mass is 10.1. The molecule has 7 heteroatoms. The van der Waals surface area contributed by atoms with E-state index in [0.29, 0.717) is 5.69 Å². The lowest BCUT2D eigenvalue weighted by molar-refractivity contribution is -0.137. The lowest BCUT2D eigenvalue weighted by Crippen LogP contribution is -2.35. The second kappa shape index (κ2) is 8.31. The molecule has 3 amide bonds. The number of aryl methyl sites for hydroxylation is 2. The van der Waals surface area contributed by atoms with Gasteiger partial charge in [0.15, 0.2) is 0 Å². The predicted molar refractivity (Wildman–Crippen MR) is 82.4 cm³/mol. The highest BCUT2D eigenvalue weighted by atomic mass is 32.2. The van der Waals surface area contributed by atoms with E-state index in [-0.39, 0.29) is 11.5 Å². The molecule has 0 aromatic heterocycles. The van der Waals surface area contributed by atoms with Crippen molar-refractivity contribution in [3.05, 3.63) is 29.3 Å². The molecule has 0 aliphatic rings. The molecule has 6 nitrogen and oxygen atoms in total. The predicted octanol–water partition coefficient (Wildman–Crippen LogP) is 1.86. The van der Waals surface area contributed by atoms with Gasteiger partial charge >= 0.3 is 12.0 Å². The van der Waals surface area contributed by atoms with Gasteiger partial charge in [0.2, 0.25) is 5.91 Å². The maximum atomic E-state index is 11.7. The molecule has 1 aromatic rings. The molecule has 0 fully saturated rings. The van der Waals surface area contributed by atoms with Crippen molar-refractivity contribution in [1.82, 2.24) is 5.32 Å². The van der Waals surface area contributed by atoms with Crippen molar-refractivity contribution >= 4 is 35.4 Å². The van der Waals surface area contributed by atoms with Crippen molar-refractivity contribution in [1.29, 1.82) is 0 Å². The molecule has 0 radical (unpaired) electrons. The monoisotopic (exact) mass is 310 g/mol. The molecule has 0 saturated carbocycles. The number of hydrogen-bond donors (Lipinski definition) is 2. The highest BCUT2D eigenvalue weighted by molar-refractivity contribution is 8.00. The van der Waals surface area contributed by atoms with Gasteiger partial charge in [-0.05, 0) is 25.5 Å². The standard InChI is InChI=1S/C14H18N2O4S/c1-9-4-5-11(10(2)6-9)15-14(19)16-12(17)7-21-8-13(18)20-3/h4-6H,7-8H2,1-3H3,(H2,15,16,17,19).